The molecule has 0 heterocycles. The summed E-state index contributed by atoms with van der Waals surface area (Å²) in [5.41, 5.74) is 3.42. The molecule has 0 aromatic heterocycles. The molecule has 0 aromatic rings. The van der Waals surface area contributed by atoms with Gasteiger partial charge in [-0.15, -0.1) is 11.5 Å². The number of ether oxygens (including phenoxy) is 1. The summed E-state index contributed by atoms with van der Waals surface area (Å²) in [5, 5.41) is 0. The molecule has 16 heavy (non-hydrogen) atoms. The molecule has 2 nitrogen and oxygen atoms in total. The van der Waals surface area contributed by atoms with Crippen molar-refractivity contribution in [3.8, 4) is 11.5 Å². The van der Waals surface area contributed by atoms with Gasteiger partial charge in [-0.05, 0) is 25.7 Å². The van der Waals surface area contributed by atoms with Crippen LogP contribution in [-0.2, 0) is 9.53 Å². The summed E-state index contributed by atoms with van der Waals surface area (Å²) in [6.45, 7) is 6.79. The van der Waals surface area contributed by atoms with Crippen LogP contribution in [0.2, 0.25) is 19.6 Å². The second-order valence-electron chi connectivity index (χ2n) is 5.59. The third kappa shape index (κ3) is 4.40. The third-order valence-electron chi connectivity index (χ3n) is 2.91. The van der Waals surface area contributed by atoms with E-state index in [1.165, 1.54) is 7.11 Å². The minimum Gasteiger partial charge on any atom is -0.469 e. The lowest BCUT2D eigenvalue weighted by atomic mass is 9.82. The average Bonchev–Trinajstić information content (AvgIpc) is 2.25. The van der Waals surface area contributed by atoms with Gasteiger partial charge in [0, 0.05) is 5.92 Å². The Morgan fingerprint density at radius 3 is 2.19 bits per heavy atom. The Morgan fingerprint density at radius 2 is 1.75 bits per heavy atom. The minimum atomic E-state index is -1.24. The number of hydrogen-bond donors (Lipinski definition) is 0. The fraction of sp³-hybridized carbons (Fsp3) is 0.769. The SMILES string of the molecule is COC(=O)C1CCC(C#C[Si](C)(C)C)CC1. The average molecular weight is 238 g/mol. The van der Waals surface area contributed by atoms with Gasteiger partial charge in [-0.2, -0.15) is 0 Å². The lowest BCUT2D eigenvalue weighted by Gasteiger charge is -2.23. The summed E-state index contributed by atoms with van der Waals surface area (Å²) in [4.78, 5) is 11.3. The molecular formula is C13H22O2Si. The molecule has 1 saturated carbocycles. The molecular weight excluding hydrogens is 216 g/mol. The highest BCUT2D eigenvalue weighted by molar-refractivity contribution is 6.83. The van der Waals surface area contributed by atoms with Gasteiger partial charge < -0.3 is 4.74 Å². The Balaban J connectivity index is 2.43. The zero-order valence-corrected chi connectivity index (χ0v) is 11.8. The first-order chi connectivity index (χ1) is 7.42. The fourth-order valence-corrected chi connectivity index (χ4v) is 2.60. The van der Waals surface area contributed by atoms with Crippen molar-refractivity contribution >= 4 is 14.0 Å². The Morgan fingerprint density at radius 1 is 1.19 bits per heavy atom. The first-order valence-electron chi connectivity index (χ1n) is 6.03. The van der Waals surface area contributed by atoms with Crippen molar-refractivity contribution in [2.75, 3.05) is 7.11 Å². The van der Waals surface area contributed by atoms with Crippen LogP contribution in [0.3, 0.4) is 0 Å². The molecule has 0 unspecified atom stereocenters. The van der Waals surface area contributed by atoms with E-state index >= 15 is 0 Å². The van der Waals surface area contributed by atoms with Crippen LogP contribution in [0.25, 0.3) is 0 Å². The molecule has 1 aliphatic carbocycles. The molecule has 1 aliphatic rings. The van der Waals surface area contributed by atoms with Crippen LogP contribution in [0, 0.1) is 23.3 Å². The van der Waals surface area contributed by atoms with Crippen molar-refractivity contribution in [3.63, 3.8) is 0 Å². The molecule has 0 saturated heterocycles. The van der Waals surface area contributed by atoms with Crippen LogP contribution in [-0.4, -0.2) is 21.2 Å². The standard InChI is InChI=1S/C13H22O2Si/c1-15-13(14)12-7-5-11(6-8-12)9-10-16(2,3)4/h11-12H,5-8H2,1-4H3. The van der Waals surface area contributed by atoms with E-state index in [4.69, 9.17) is 4.74 Å². The van der Waals surface area contributed by atoms with Crippen molar-refractivity contribution in [2.24, 2.45) is 11.8 Å². The van der Waals surface area contributed by atoms with Crippen LogP contribution in [0.4, 0.5) is 0 Å². The van der Waals surface area contributed by atoms with Gasteiger partial charge in [-0.25, -0.2) is 0 Å². The number of carbonyl (C=O) groups excluding carboxylic acids is 1. The summed E-state index contributed by atoms with van der Waals surface area (Å²) in [6.07, 6.45) is 3.99. The smallest absolute Gasteiger partial charge is 0.308 e. The van der Waals surface area contributed by atoms with Crippen molar-refractivity contribution < 1.29 is 9.53 Å². The molecule has 0 spiro atoms. The van der Waals surface area contributed by atoms with Gasteiger partial charge >= 0.3 is 5.97 Å². The van der Waals surface area contributed by atoms with Crippen molar-refractivity contribution in [1.29, 1.82) is 0 Å². The van der Waals surface area contributed by atoms with Crippen molar-refractivity contribution in [3.05, 3.63) is 0 Å². The second-order valence-corrected chi connectivity index (χ2v) is 10.3. The normalized spacial score (nSPS) is 25.5. The lowest BCUT2D eigenvalue weighted by Crippen LogP contribution is -2.23. The number of carbonyl (C=O) groups is 1. The summed E-state index contributed by atoms with van der Waals surface area (Å²) in [7, 11) is 0.232. The number of rotatable bonds is 1. The fourth-order valence-electron chi connectivity index (χ4n) is 1.96. The number of esters is 1. The summed E-state index contributed by atoms with van der Waals surface area (Å²) < 4.78 is 4.77. The van der Waals surface area contributed by atoms with E-state index < -0.39 is 8.07 Å². The Hall–Kier alpha value is -0.753. The molecule has 1 fully saturated rings. The molecule has 3 heteroatoms. The highest BCUT2D eigenvalue weighted by Gasteiger charge is 2.26. The zero-order valence-electron chi connectivity index (χ0n) is 10.8. The minimum absolute atomic E-state index is 0.0448. The first-order valence-corrected chi connectivity index (χ1v) is 9.53. The maximum absolute atomic E-state index is 11.3. The largest absolute Gasteiger partial charge is 0.469 e. The molecule has 1 rings (SSSR count). The molecule has 0 bridgehead atoms. The highest BCUT2D eigenvalue weighted by Crippen LogP contribution is 2.29. The summed E-state index contributed by atoms with van der Waals surface area (Å²) in [6, 6.07) is 0. The topological polar surface area (TPSA) is 26.3 Å². The molecule has 90 valence electrons. The van der Waals surface area contributed by atoms with Crippen molar-refractivity contribution in [2.45, 2.75) is 45.3 Å². The van der Waals surface area contributed by atoms with Gasteiger partial charge in [0.1, 0.15) is 8.07 Å². The summed E-state index contributed by atoms with van der Waals surface area (Å²) in [5.74, 6) is 3.98. The maximum Gasteiger partial charge on any atom is 0.308 e. The lowest BCUT2D eigenvalue weighted by molar-refractivity contribution is -0.146. The van der Waals surface area contributed by atoms with Crippen LogP contribution >= 0.6 is 0 Å². The van der Waals surface area contributed by atoms with Gasteiger partial charge in [0.25, 0.3) is 0 Å². The van der Waals surface area contributed by atoms with Gasteiger partial charge in [-0.3, -0.25) is 4.79 Å². The second kappa shape index (κ2) is 5.54. The van der Waals surface area contributed by atoms with Crippen LogP contribution < -0.4 is 0 Å². The molecule has 0 atom stereocenters. The Kier molecular flexibility index (Phi) is 4.61. The van der Waals surface area contributed by atoms with Crippen molar-refractivity contribution in [1.82, 2.24) is 0 Å². The van der Waals surface area contributed by atoms with Gasteiger partial charge in [0.05, 0.1) is 13.0 Å². The Bertz CT molecular complexity index is 298. The summed E-state index contributed by atoms with van der Waals surface area (Å²) >= 11 is 0. The van der Waals surface area contributed by atoms with Gasteiger partial charge in [0.2, 0.25) is 0 Å². The molecule has 0 radical (unpaired) electrons. The van der Waals surface area contributed by atoms with Crippen LogP contribution in [0.15, 0.2) is 0 Å². The van der Waals surface area contributed by atoms with E-state index in [-0.39, 0.29) is 11.9 Å². The monoisotopic (exact) mass is 238 g/mol. The van der Waals surface area contributed by atoms with E-state index in [1.807, 2.05) is 0 Å². The predicted octanol–water partition coefficient (Wildman–Crippen LogP) is 2.85. The first kappa shape index (κ1) is 13.3. The van der Waals surface area contributed by atoms with E-state index in [1.54, 1.807) is 0 Å². The van der Waals surface area contributed by atoms with Crippen LogP contribution in [0.5, 0.6) is 0 Å². The van der Waals surface area contributed by atoms with E-state index in [0.29, 0.717) is 5.92 Å². The maximum atomic E-state index is 11.3. The number of methoxy groups -OCH3 is 1. The van der Waals surface area contributed by atoms with E-state index in [0.717, 1.165) is 25.7 Å². The predicted molar refractivity (Wildman–Crippen MR) is 68.6 cm³/mol. The highest BCUT2D eigenvalue weighted by atomic mass is 28.3. The Labute approximate surface area is 99.8 Å². The van der Waals surface area contributed by atoms with Crippen LogP contribution in [0.1, 0.15) is 25.7 Å². The third-order valence-corrected chi connectivity index (χ3v) is 3.81. The van der Waals surface area contributed by atoms with E-state index in [9.17, 15) is 4.79 Å². The zero-order chi connectivity index (χ0) is 12.2. The molecule has 0 aliphatic heterocycles. The van der Waals surface area contributed by atoms with E-state index in [2.05, 4.69) is 31.1 Å². The van der Waals surface area contributed by atoms with Gasteiger partial charge in [-0.1, -0.05) is 19.6 Å². The van der Waals surface area contributed by atoms with Gasteiger partial charge in [0.15, 0.2) is 0 Å². The number of hydrogen-bond acceptors (Lipinski definition) is 2. The molecule has 0 amide bonds. The quantitative estimate of drug-likeness (QED) is 0.399. The molecule has 0 N–H and O–H groups in total. The molecule has 0 aromatic carbocycles.